The zero-order valence-electron chi connectivity index (χ0n) is 7.38. The Labute approximate surface area is 69.1 Å². The number of hydrogen-bond donors (Lipinski definition) is 1. The van der Waals surface area contributed by atoms with Gasteiger partial charge in [-0.2, -0.15) is 0 Å². The van der Waals surface area contributed by atoms with Crippen LogP contribution in [0.3, 0.4) is 0 Å². The lowest BCUT2D eigenvalue weighted by Gasteiger charge is -2.11. The third kappa shape index (κ3) is 3.73. The van der Waals surface area contributed by atoms with Gasteiger partial charge in [0.15, 0.2) is 0 Å². The molecule has 0 aromatic carbocycles. The van der Waals surface area contributed by atoms with E-state index in [1.54, 1.807) is 0 Å². The molecule has 0 amide bonds. The largest absolute Gasteiger partial charge is 0.380 e. The molecule has 1 rings (SSSR count). The minimum absolute atomic E-state index is 0.191. The summed E-state index contributed by atoms with van der Waals surface area (Å²) in [6.45, 7) is 3.63. The molecule has 0 unspecified atom stereocenters. The fourth-order valence-corrected chi connectivity index (χ4v) is 1.60. The number of nitrogens with two attached hydrogens (primary N) is 1. The fourth-order valence-electron chi connectivity index (χ4n) is 1.60. The molecule has 0 radical (unpaired) electrons. The molecule has 2 nitrogen and oxygen atoms in total. The first-order chi connectivity index (χ1) is 5.29. The van der Waals surface area contributed by atoms with Gasteiger partial charge in [-0.1, -0.05) is 12.8 Å². The van der Waals surface area contributed by atoms with Crippen LogP contribution in [0.15, 0.2) is 0 Å². The predicted molar refractivity (Wildman–Crippen MR) is 46.4 cm³/mol. The molecule has 2 N–H and O–H groups in total. The molecular weight excluding hydrogens is 138 g/mol. The van der Waals surface area contributed by atoms with Crippen molar-refractivity contribution in [2.24, 2.45) is 11.7 Å². The highest BCUT2D eigenvalue weighted by molar-refractivity contribution is 4.66. The van der Waals surface area contributed by atoms with Crippen LogP contribution in [0.25, 0.3) is 0 Å². The van der Waals surface area contributed by atoms with Crippen molar-refractivity contribution in [3.05, 3.63) is 0 Å². The molecule has 0 aromatic heterocycles. The zero-order chi connectivity index (χ0) is 8.10. The Kier molecular flexibility index (Phi) is 3.87. The van der Waals surface area contributed by atoms with Gasteiger partial charge in [0, 0.05) is 12.6 Å². The van der Waals surface area contributed by atoms with E-state index >= 15 is 0 Å². The molecule has 2 heteroatoms. The molecule has 1 fully saturated rings. The second-order valence-electron chi connectivity index (χ2n) is 3.67. The van der Waals surface area contributed by atoms with Crippen LogP contribution in [0, 0.1) is 5.92 Å². The highest BCUT2D eigenvalue weighted by Gasteiger charge is 2.14. The molecule has 1 aliphatic carbocycles. The average Bonchev–Trinajstić information content (AvgIpc) is 2.39. The van der Waals surface area contributed by atoms with Gasteiger partial charge in [-0.05, 0) is 25.7 Å². The van der Waals surface area contributed by atoms with Crippen LogP contribution in [0.2, 0.25) is 0 Å². The van der Waals surface area contributed by atoms with E-state index in [1.807, 2.05) is 6.92 Å². The van der Waals surface area contributed by atoms with Gasteiger partial charge in [0.1, 0.15) is 0 Å². The van der Waals surface area contributed by atoms with Crippen LogP contribution in [0.4, 0.5) is 0 Å². The Bertz CT molecular complexity index is 97.7. The number of rotatable bonds is 4. The van der Waals surface area contributed by atoms with Crippen molar-refractivity contribution in [1.82, 2.24) is 0 Å². The van der Waals surface area contributed by atoms with Gasteiger partial charge < -0.3 is 10.5 Å². The Balaban J connectivity index is 1.94. The molecule has 0 bridgehead atoms. The van der Waals surface area contributed by atoms with E-state index in [-0.39, 0.29) is 6.04 Å². The summed E-state index contributed by atoms with van der Waals surface area (Å²) in [5, 5.41) is 0. The summed E-state index contributed by atoms with van der Waals surface area (Å²) >= 11 is 0. The van der Waals surface area contributed by atoms with Crippen molar-refractivity contribution in [3.8, 4) is 0 Å². The quantitative estimate of drug-likeness (QED) is 0.672. The molecule has 1 saturated carbocycles. The normalized spacial score (nSPS) is 22.4. The maximum atomic E-state index is 5.55. The van der Waals surface area contributed by atoms with E-state index in [1.165, 1.54) is 25.7 Å². The SMILES string of the molecule is C[C@H](N)COCC1CCCC1. The summed E-state index contributed by atoms with van der Waals surface area (Å²) in [5.41, 5.74) is 5.55. The van der Waals surface area contributed by atoms with Crippen molar-refractivity contribution in [1.29, 1.82) is 0 Å². The lowest BCUT2D eigenvalue weighted by molar-refractivity contribution is 0.0934. The topological polar surface area (TPSA) is 35.2 Å². The Hall–Kier alpha value is -0.0800. The van der Waals surface area contributed by atoms with Crippen molar-refractivity contribution >= 4 is 0 Å². The average molecular weight is 157 g/mol. The summed E-state index contributed by atoms with van der Waals surface area (Å²) in [6, 6.07) is 0.191. The lowest BCUT2D eigenvalue weighted by Crippen LogP contribution is -2.23. The summed E-state index contributed by atoms with van der Waals surface area (Å²) in [4.78, 5) is 0. The van der Waals surface area contributed by atoms with E-state index in [0.29, 0.717) is 0 Å². The van der Waals surface area contributed by atoms with Crippen LogP contribution in [-0.2, 0) is 4.74 Å². The Morgan fingerprint density at radius 1 is 1.45 bits per heavy atom. The minimum Gasteiger partial charge on any atom is -0.380 e. The molecule has 1 atom stereocenters. The molecule has 66 valence electrons. The van der Waals surface area contributed by atoms with Crippen LogP contribution >= 0.6 is 0 Å². The minimum atomic E-state index is 0.191. The number of hydrogen-bond acceptors (Lipinski definition) is 2. The fraction of sp³-hybridized carbons (Fsp3) is 1.00. The van der Waals surface area contributed by atoms with Gasteiger partial charge in [0.2, 0.25) is 0 Å². The van der Waals surface area contributed by atoms with Crippen molar-refractivity contribution < 1.29 is 4.74 Å². The number of ether oxygens (including phenoxy) is 1. The van der Waals surface area contributed by atoms with Gasteiger partial charge >= 0.3 is 0 Å². The van der Waals surface area contributed by atoms with E-state index < -0.39 is 0 Å². The second-order valence-corrected chi connectivity index (χ2v) is 3.67. The lowest BCUT2D eigenvalue weighted by atomic mass is 10.1. The maximum Gasteiger partial charge on any atom is 0.0614 e. The summed E-state index contributed by atoms with van der Waals surface area (Å²) in [6.07, 6.45) is 5.51. The van der Waals surface area contributed by atoms with Crippen molar-refractivity contribution in [2.75, 3.05) is 13.2 Å². The van der Waals surface area contributed by atoms with Crippen LogP contribution < -0.4 is 5.73 Å². The zero-order valence-corrected chi connectivity index (χ0v) is 7.38. The van der Waals surface area contributed by atoms with Gasteiger partial charge in [-0.15, -0.1) is 0 Å². The first kappa shape index (κ1) is 9.01. The third-order valence-corrected chi connectivity index (χ3v) is 2.21. The molecule has 0 aromatic rings. The highest BCUT2D eigenvalue weighted by atomic mass is 16.5. The molecule has 0 heterocycles. The standard InChI is InChI=1S/C9H19NO/c1-8(10)6-11-7-9-4-2-3-5-9/h8-9H,2-7,10H2,1H3/t8-/m0/s1. The van der Waals surface area contributed by atoms with E-state index in [2.05, 4.69) is 0 Å². The molecular formula is C9H19NO. The van der Waals surface area contributed by atoms with Crippen molar-refractivity contribution in [2.45, 2.75) is 38.6 Å². The monoisotopic (exact) mass is 157 g/mol. The first-order valence-corrected chi connectivity index (χ1v) is 4.62. The van der Waals surface area contributed by atoms with Crippen molar-refractivity contribution in [3.63, 3.8) is 0 Å². The highest BCUT2D eigenvalue weighted by Crippen LogP contribution is 2.24. The Morgan fingerprint density at radius 3 is 2.64 bits per heavy atom. The van der Waals surface area contributed by atoms with Gasteiger partial charge in [-0.3, -0.25) is 0 Å². The second kappa shape index (κ2) is 4.73. The van der Waals surface area contributed by atoms with Gasteiger partial charge in [0.25, 0.3) is 0 Å². The third-order valence-electron chi connectivity index (χ3n) is 2.21. The van der Waals surface area contributed by atoms with E-state index in [4.69, 9.17) is 10.5 Å². The van der Waals surface area contributed by atoms with E-state index in [0.717, 1.165) is 19.1 Å². The van der Waals surface area contributed by atoms with E-state index in [9.17, 15) is 0 Å². The van der Waals surface area contributed by atoms with Crippen LogP contribution in [-0.4, -0.2) is 19.3 Å². The molecule has 1 aliphatic rings. The Morgan fingerprint density at radius 2 is 2.09 bits per heavy atom. The summed E-state index contributed by atoms with van der Waals surface area (Å²) in [5.74, 6) is 0.828. The van der Waals surface area contributed by atoms with Gasteiger partial charge in [0.05, 0.1) is 6.61 Å². The molecule has 0 spiro atoms. The summed E-state index contributed by atoms with van der Waals surface area (Å²) < 4.78 is 5.45. The van der Waals surface area contributed by atoms with Crippen LogP contribution in [0.5, 0.6) is 0 Å². The summed E-state index contributed by atoms with van der Waals surface area (Å²) in [7, 11) is 0. The predicted octanol–water partition coefficient (Wildman–Crippen LogP) is 1.54. The molecule has 0 aliphatic heterocycles. The molecule has 11 heavy (non-hydrogen) atoms. The smallest absolute Gasteiger partial charge is 0.0614 e. The molecule has 0 saturated heterocycles. The maximum absolute atomic E-state index is 5.55. The van der Waals surface area contributed by atoms with Gasteiger partial charge in [-0.25, -0.2) is 0 Å². The van der Waals surface area contributed by atoms with Crippen LogP contribution in [0.1, 0.15) is 32.6 Å². The first-order valence-electron chi connectivity index (χ1n) is 4.62.